The number of halogens is 7. The quantitative estimate of drug-likeness (QED) is 0.241. The fraction of sp³-hybridized carbons (Fsp3) is 0.320. The predicted octanol–water partition coefficient (Wildman–Crippen LogP) is 7.07. The maximum Gasteiger partial charge on any atom is 0.416 e. The van der Waals surface area contributed by atoms with Crippen LogP contribution >= 0.6 is 11.6 Å². The summed E-state index contributed by atoms with van der Waals surface area (Å²) in [6, 6.07) is 8.14. The molecule has 0 aliphatic carbocycles. The Kier molecular flexibility index (Phi) is 7.02. The number of allylic oxidation sites excluding steroid dienone is 2. The van der Waals surface area contributed by atoms with E-state index in [4.69, 9.17) is 11.6 Å². The van der Waals surface area contributed by atoms with Gasteiger partial charge < -0.3 is 15.2 Å². The van der Waals surface area contributed by atoms with Crippen molar-refractivity contribution in [1.82, 2.24) is 9.96 Å². The van der Waals surface area contributed by atoms with Gasteiger partial charge in [-0.3, -0.25) is 4.79 Å². The number of aryl methyl sites for hydroxylation is 1. The standard InChI is InChI=1S/C25H22ClF6N2O2/c1-15-7-5-6-8-20(15)16-9-10-34(36)23(26,14-16)33(4)21(35)22(2,3)17-11-18(24(27,28)29)13-19(12-17)25(30,31)32/h5-14H,1-4H3/q-1. The second kappa shape index (κ2) is 9.15. The van der Waals surface area contributed by atoms with Gasteiger partial charge in [-0.2, -0.15) is 26.3 Å². The average Bonchev–Trinajstić information content (AvgIpc) is 2.78. The van der Waals surface area contributed by atoms with Crippen LogP contribution in [0.15, 0.2) is 60.8 Å². The number of carbonyl (C=O) groups is 1. The van der Waals surface area contributed by atoms with Crippen LogP contribution in [0.3, 0.4) is 0 Å². The lowest BCUT2D eigenvalue weighted by Gasteiger charge is -2.50. The lowest BCUT2D eigenvalue weighted by molar-refractivity contribution is -0.144. The molecule has 1 heterocycles. The molecule has 194 valence electrons. The number of rotatable bonds is 4. The number of hydroxylamine groups is 2. The van der Waals surface area contributed by atoms with Crippen molar-refractivity contribution >= 4 is 23.1 Å². The van der Waals surface area contributed by atoms with E-state index in [1.165, 1.54) is 26.0 Å². The summed E-state index contributed by atoms with van der Waals surface area (Å²) in [5, 5.41) is 10.9. The molecule has 1 atom stereocenters. The Morgan fingerprint density at radius 1 is 0.972 bits per heavy atom. The summed E-state index contributed by atoms with van der Waals surface area (Å²) in [6.45, 7) is 4.16. The number of likely N-dealkylation sites (N-methyl/N-ethyl adjacent to an activating group) is 1. The van der Waals surface area contributed by atoms with Crippen molar-refractivity contribution in [3.8, 4) is 0 Å². The van der Waals surface area contributed by atoms with Crippen LogP contribution in [-0.2, 0) is 22.6 Å². The molecular formula is C25H22ClF6N2O2-. The molecule has 4 nitrogen and oxygen atoms in total. The van der Waals surface area contributed by atoms with E-state index in [9.17, 15) is 36.3 Å². The molecule has 1 unspecified atom stereocenters. The summed E-state index contributed by atoms with van der Waals surface area (Å²) in [5.74, 6) is -0.971. The van der Waals surface area contributed by atoms with Gasteiger partial charge in [0.2, 0.25) is 11.0 Å². The van der Waals surface area contributed by atoms with Crippen molar-refractivity contribution < 1.29 is 31.1 Å². The second-order valence-corrected chi connectivity index (χ2v) is 9.53. The molecule has 0 spiro atoms. The van der Waals surface area contributed by atoms with Crippen molar-refractivity contribution in [2.75, 3.05) is 7.05 Å². The summed E-state index contributed by atoms with van der Waals surface area (Å²) in [6.07, 6.45) is -6.27. The second-order valence-electron chi connectivity index (χ2n) is 8.98. The van der Waals surface area contributed by atoms with Gasteiger partial charge in [0.15, 0.2) is 0 Å². The van der Waals surface area contributed by atoms with Crippen molar-refractivity contribution in [2.24, 2.45) is 0 Å². The first kappa shape index (κ1) is 27.6. The summed E-state index contributed by atoms with van der Waals surface area (Å²) in [4.78, 5) is 14.3. The third-order valence-electron chi connectivity index (χ3n) is 6.11. The highest BCUT2D eigenvalue weighted by atomic mass is 35.5. The first-order valence-electron chi connectivity index (χ1n) is 10.6. The lowest BCUT2D eigenvalue weighted by atomic mass is 9.81. The average molecular weight is 532 g/mol. The van der Waals surface area contributed by atoms with Crippen LogP contribution in [0, 0.1) is 12.1 Å². The fourth-order valence-electron chi connectivity index (χ4n) is 3.87. The predicted molar refractivity (Wildman–Crippen MR) is 124 cm³/mol. The van der Waals surface area contributed by atoms with Crippen LogP contribution in [0.2, 0.25) is 0 Å². The van der Waals surface area contributed by atoms with E-state index in [0.717, 1.165) is 29.3 Å². The van der Waals surface area contributed by atoms with E-state index >= 15 is 0 Å². The normalized spacial score (nSPS) is 18.8. The van der Waals surface area contributed by atoms with Gasteiger partial charge in [-0.05, 0) is 79.6 Å². The van der Waals surface area contributed by atoms with Gasteiger partial charge in [0, 0.05) is 7.05 Å². The van der Waals surface area contributed by atoms with Crippen molar-refractivity contribution in [3.05, 3.63) is 93.8 Å². The SMILES string of the molecule is Cc1ccccc1C1=CC(Cl)(N(C)C(=O)C(C)(C)c2cc(C(F)(F)F)cc(C(F)(F)F)c2)N([O-])C=C1. The molecule has 0 fully saturated rings. The molecule has 0 saturated carbocycles. The van der Waals surface area contributed by atoms with E-state index < -0.39 is 45.5 Å². The molecule has 11 heteroatoms. The number of hydrogen-bond acceptors (Lipinski definition) is 3. The molecule has 1 amide bonds. The fourth-order valence-corrected chi connectivity index (χ4v) is 4.12. The monoisotopic (exact) mass is 531 g/mol. The Morgan fingerprint density at radius 3 is 1.97 bits per heavy atom. The largest absolute Gasteiger partial charge is 0.756 e. The van der Waals surface area contributed by atoms with E-state index in [2.05, 4.69) is 0 Å². The Balaban J connectivity index is 2.08. The maximum atomic E-state index is 13.5. The van der Waals surface area contributed by atoms with Crippen molar-refractivity contribution in [1.29, 1.82) is 0 Å². The van der Waals surface area contributed by atoms with Crippen LogP contribution in [0.1, 0.15) is 41.7 Å². The first-order chi connectivity index (χ1) is 16.4. The molecule has 0 radical (unpaired) electrons. The number of benzene rings is 2. The lowest BCUT2D eigenvalue weighted by Crippen LogP contribution is -2.57. The highest BCUT2D eigenvalue weighted by Crippen LogP contribution is 2.41. The number of carbonyl (C=O) groups excluding carboxylic acids is 1. The van der Waals surface area contributed by atoms with Gasteiger partial charge in [0.25, 0.3) is 0 Å². The number of hydrogen-bond donors (Lipinski definition) is 0. The van der Waals surface area contributed by atoms with Crippen molar-refractivity contribution in [2.45, 2.75) is 43.7 Å². The Labute approximate surface area is 209 Å². The summed E-state index contributed by atoms with van der Waals surface area (Å²) >= 11 is 6.60. The van der Waals surface area contributed by atoms with Gasteiger partial charge in [0.05, 0.1) is 16.5 Å². The summed E-state index contributed by atoms with van der Waals surface area (Å²) < 4.78 is 80.3. The number of nitrogens with zero attached hydrogens (tertiary/aromatic N) is 2. The van der Waals surface area contributed by atoms with Gasteiger partial charge in [-0.15, -0.1) is 0 Å². The zero-order valence-corrected chi connectivity index (χ0v) is 20.4. The van der Waals surface area contributed by atoms with Crippen molar-refractivity contribution in [3.63, 3.8) is 0 Å². The first-order valence-corrected chi connectivity index (χ1v) is 11.0. The van der Waals surface area contributed by atoms with Crippen LogP contribution in [-0.4, -0.2) is 28.0 Å². The van der Waals surface area contributed by atoms with Crippen LogP contribution in [0.25, 0.3) is 5.57 Å². The number of alkyl halides is 7. The zero-order chi connectivity index (χ0) is 27.3. The molecule has 2 aromatic rings. The number of amides is 1. The van der Waals surface area contributed by atoms with E-state index in [0.29, 0.717) is 17.7 Å². The minimum Gasteiger partial charge on any atom is -0.756 e. The molecule has 0 bridgehead atoms. The van der Waals surface area contributed by atoms with Crippen LogP contribution in [0.4, 0.5) is 26.3 Å². The van der Waals surface area contributed by atoms with Crippen LogP contribution < -0.4 is 0 Å². The van der Waals surface area contributed by atoms with Gasteiger partial charge in [-0.25, -0.2) is 0 Å². The Bertz CT molecular complexity index is 1200. The molecule has 1 aliphatic rings. The Morgan fingerprint density at radius 2 is 1.47 bits per heavy atom. The third-order valence-corrected chi connectivity index (χ3v) is 6.64. The van der Waals surface area contributed by atoms with Gasteiger partial charge >= 0.3 is 12.4 Å². The molecule has 36 heavy (non-hydrogen) atoms. The molecular weight excluding hydrogens is 510 g/mol. The molecule has 1 aliphatic heterocycles. The Hall–Kier alpha value is -2.98. The zero-order valence-electron chi connectivity index (χ0n) is 19.6. The molecule has 0 saturated heterocycles. The summed E-state index contributed by atoms with van der Waals surface area (Å²) in [7, 11) is 1.16. The van der Waals surface area contributed by atoms with E-state index in [1.54, 1.807) is 12.1 Å². The minimum atomic E-state index is -5.08. The summed E-state index contributed by atoms with van der Waals surface area (Å²) in [5.41, 5.74) is -3.48. The minimum absolute atomic E-state index is 0.0146. The molecule has 3 rings (SSSR count). The van der Waals surface area contributed by atoms with E-state index in [-0.39, 0.29) is 11.1 Å². The molecule has 2 aromatic carbocycles. The molecule has 0 N–H and O–H groups in total. The smallest absolute Gasteiger partial charge is 0.416 e. The highest BCUT2D eigenvalue weighted by Gasteiger charge is 2.45. The third kappa shape index (κ3) is 5.10. The topological polar surface area (TPSA) is 46.6 Å². The van der Waals surface area contributed by atoms with E-state index in [1.807, 2.05) is 19.1 Å². The molecule has 0 aromatic heterocycles. The van der Waals surface area contributed by atoms with Crippen LogP contribution in [0.5, 0.6) is 0 Å². The van der Waals surface area contributed by atoms with Gasteiger partial charge in [-0.1, -0.05) is 35.9 Å². The highest BCUT2D eigenvalue weighted by molar-refractivity contribution is 6.26. The van der Waals surface area contributed by atoms with Gasteiger partial charge in [0.1, 0.15) is 0 Å². The maximum absolute atomic E-state index is 13.5.